The Hall–Kier alpha value is -1.79. The first kappa shape index (κ1) is 16.3. The quantitative estimate of drug-likeness (QED) is 0.795. The number of aromatic amines is 1. The van der Waals surface area contributed by atoms with Gasteiger partial charge in [0.15, 0.2) is 3.95 Å². The number of aromatic nitrogens is 1. The van der Waals surface area contributed by atoms with E-state index in [0.29, 0.717) is 19.8 Å². The fourth-order valence-corrected chi connectivity index (χ4v) is 3.06. The van der Waals surface area contributed by atoms with Crippen LogP contribution in [-0.4, -0.2) is 16.0 Å². The van der Waals surface area contributed by atoms with E-state index in [1.807, 2.05) is 19.1 Å². The van der Waals surface area contributed by atoms with Crippen molar-refractivity contribution in [3.63, 3.8) is 0 Å². The lowest BCUT2D eigenvalue weighted by Gasteiger charge is -1.96. The molecule has 0 saturated carbocycles. The van der Waals surface area contributed by atoms with E-state index in [0.717, 1.165) is 10.8 Å². The molecule has 1 aliphatic rings. The van der Waals surface area contributed by atoms with Gasteiger partial charge in [0.25, 0.3) is 5.91 Å². The van der Waals surface area contributed by atoms with Gasteiger partial charge in [-0.1, -0.05) is 26.5 Å². The summed E-state index contributed by atoms with van der Waals surface area (Å²) in [5, 5.41) is 11.2. The van der Waals surface area contributed by atoms with Crippen LogP contribution in [0.4, 0.5) is 0 Å². The van der Waals surface area contributed by atoms with Crippen LogP contribution in [0.3, 0.4) is 0 Å². The van der Waals surface area contributed by atoms with E-state index in [2.05, 4.69) is 9.98 Å². The standard InChI is InChI=1S/C12H8N2O2S2.2CH4/c1-5-2-3-7-6(4-5)8(10(15)13-7)9-11(16)14-12(17)18-9;;/h2-4,16H,1H3,(H,14,17);2*1H4. The van der Waals surface area contributed by atoms with E-state index < -0.39 is 0 Å². The zero-order valence-electron chi connectivity index (χ0n) is 9.35. The monoisotopic (exact) mass is 308 g/mol. The normalized spacial score (nSPS) is 12.2. The van der Waals surface area contributed by atoms with E-state index in [1.54, 1.807) is 6.07 Å². The second kappa shape index (κ2) is 5.68. The maximum absolute atomic E-state index is 11.9. The molecule has 2 N–H and O–H groups in total. The Morgan fingerprint density at radius 3 is 2.65 bits per heavy atom. The summed E-state index contributed by atoms with van der Waals surface area (Å²) < 4.78 is 0.434. The van der Waals surface area contributed by atoms with Gasteiger partial charge in [0.1, 0.15) is 4.88 Å². The molecule has 106 valence electrons. The van der Waals surface area contributed by atoms with Gasteiger partial charge in [-0.15, -0.1) is 11.3 Å². The Morgan fingerprint density at radius 2 is 2.05 bits per heavy atom. The summed E-state index contributed by atoms with van der Waals surface area (Å²) in [4.78, 5) is 19.0. The van der Waals surface area contributed by atoms with E-state index in [1.165, 1.54) is 11.3 Å². The van der Waals surface area contributed by atoms with Crippen molar-refractivity contribution in [1.29, 1.82) is 0 Å². The van der Waals surface area contributed by atoms with Crippen molar-refractivity contribution in [2.45, 2.75) is 21.8 Å². The Balaban J connectivity index is 0.000001000. The van der Waals surface area contributed by atoms with Crippen LogP contribution in [0, 0.1) is 10.9 Å². The molecule has 0 saturated heterocycles. The molecule has 6 heteroatoms. The molecule has 1 aromatic carbocycles. The number of nitrogens with one attached hydrogen (secondary N) is 1. The molecule has 1 amide bonds. The number of thiazole rings is 1. The van der Waals surface area contributed by atoms with E-state index in [4.69, 9.17) is 12.2 Å². The molecule has 0 bridgehead atoms. The number of benzene rings is 1. The topological polar surface area (TPSA) is 65.4 Å². The number of amides is 1. The highest BCUT2D eigenvalue weighted by atomic mass is 32.1. The van der Waals surface area contributed by atoms with E-state index in [-0.39, 0.29) is 26.6 Å². The molecule has 0 spiro atoms. The Morgan fingerprint density at radius 1 is 1.35 bits per heavy atom. The van der Waals surface area contributed by atoms with Crippen molar-refractivity contribution in [3.05, 3.63) is 43.2 Å². The molecule has 2 aromatic rings. The molecule has 3 rings (SSSR count). The zero-order valence-corrected chi connectivity index (χ0v) is 11.0. The number of hydrogen-bond acceptors (Lipinski definition) is 4. The van der Waals surface area contributed by atoms with E-state index >= 15 is 0 Å². The molecule has 0 radical (unpaired) electrons. The molecular weight excluding hydrogens is 292 g/mol. The summed E-state index contributed by atoms with van der Waals surface area (Å²) in [6.07, 6.45) is 0. The molecule has 0 aliphatic carbocycles. The number of carbonyl (C=O) groups excluding carboxylic acids is 1. The summed E-state index contributed by atoms with van der Waals surface area (Å²) in [6, 6.07) is 5.59. The lowest BCUT2D eigenvalue weighted by Crippen LogP contribution is -2.23. The van der Waals surface area contributed by atoms with Gasteiger partial charge in [-0.3, -0.25) is 4.79 Å². The number of fused-ring (bicyclic) bond motifs is 1. The second-order valence-corrected chi connectivity index (χ2v) is 5.69. The van der Waals surface area contributed by atoms with Crippen molar-refractivity contribution in [2.24, 2.45) is 4.99 Å². The number of aromatic hydroxyl groups is 1. The Bertz CT molecular complexity index is 847. The minimum Gasteiger partial charge on any atom is -0.494 e. The first-order chi connectivity index (χ1) is 8.56. The number of H-pyrrole nitrogens is 1. The predicted molar refractivity (Wildman–Crippen MR) is 84.1 cm³/mol. The van der Waals surface area contributed by atoms with E-state index in [9.17, 15) is 9.90 Å². The van der Waals surface area contributed by atoms with Gasteiger partial charge in [0.05, 0.1) is 10.9 Å². The predicted octanol–water partition coefficient (Wildman–Crippen LogP) is 2.45. The summed E-state index contributed by atoms with van der Waals surface area (Å²) in [7, 11) is 0. The number of nitrogens with zero attached hydrogens (tertiary/aromatic N) is 1. The minimum atomic E-state index is -0.337. The lowest BCUT2D eigenvalue weighted by molar-refractivity contribution is -0.112. The highest BCUT2D eigenvalue weighted by Crippen LogP contribution is 2.29. The maximum Gasteiger partial charge on any atom is 0.279 e. The largest absolute Gasteiger partial charge is 0.494 e. The summed E-state index contributed by atoms with van der Waals surface area (Å²) in [5.41, 5.74) is 1.46. The molecule has 0 unspecified atom stereocenters. The zero-order chi connectivity index (χ0) is 12.9. The van der Waals surface area contributed by atoms with Gasteiger partial charge < -0.3 is 10.1 Å². The summed E-state index contributed by atoms with van der Waals surface area (Å²) in [6.45, 7) is 1.94. The molecule has 20 heavy (non-hydrogen) atoms. The van der Waals surface area contributed by atoms with Crippen LogP contribution in [0.5, 0.6) is 5.88 Å². The summed E-state index contributed by atoms with van der Waals surface area (Å²) in [5.74, 6) is -0.408. The average molecular weight is 308 g/mol. The smallest absolute Gasteiger partial charge is 0.279 e. The number of aryl methyl sites for hydroxylation is 1. The highest BCUT2D eigenvalue weighted by Gasteiger charge is 2.23. The minimum absolute atomic E-state index is 0. The van der Waals surface area contributed by atoms with Gasteiger partial charge >= 0.3 is 0 Å². The van der Waals surface area contributed by atoms with Crippen LogP contribution in [0.25, 0.3) is 5.57 Å². The fourth-order valence-electron chi connectivity index (χ4n) is 1.94. The molecular formula is C14H16N2O2S2. The SMILES string of the molecule is C.C.Cc1ccc2c(c1)=C(c1sc(=S)[nH]c1O)C(=O)N=2. The van der Waals surface area contributed by atoms with Crippen LogP contribution in [0.15, 0.2) is 23.2 Å². The van der Waals surface area contributed by atoms with Crippen molar-refractivity contribution in [2.75, 3.05) is 0 Å². The number of carbonyl (C=O) groups is 1. The van der Waals surface area contributed by atoms with Crippen LogP contribution < -0.4 is 10.6 Å². The Labute approximate surface area is 126 Å². The molecule has 1 aliphatic heterocycles. The first-order valence-electron chi connectivity index (χ1n) is 5.23. The van der Waals surface area contributed by atoms with Crippen LogP contribution in [0.1, 0.15) is 25.3 Å². The van der Waals surface area contributed by atoms with Crippen molar-refractivity contribution < 1.29 is 9.90 Å². The third-order valence-electron chi connectivity index (χ3n) is 2.71. The highest BCUT2D eigenvalue weighted by molar-refractivity contribution is 7.73. The average Bonchev–Trinajstić information content (AvgIpc) is 2.77. The fraction of sp³-hybridized carbons (Fsp3) is 0.214. The van der Waals surface area contributed by atoms with Crippen molar-refractivity contribution >= 4 is 35.0 Å². The first-order valence-corrected chi connectivity index (χ1v) is 6.45. The molecule has 0 atom stereocenters. The van der Waals surface area contributed by atoms with Gasteiger partial charge in [0, 0.05) is 5.22 Å². The van der Waals surface area contributed by atoms with Gasteiger partial charge in [0.2, 0.25) is 5.88 Å². The van der Waals surface area contributed by atoms with Gasteiger partial charge in [-0.25, -0.2) is 4.99 Å². The van der Waals surface area contributed by atoms with Crippen LogP contribution >= 0.6 is 23.6 Å². The lowest BCUT2D eigenvalue weighted by atomic mass is 10.1. The van der Waals surface area contributed by atoms with Crippen molar-refractivity contribution in [3.8, 4) is 5.88 Å². The number of hydrogen-bond donors (Lipinski definition) is 2. The molecule has 4 nitrogen and oxygen atoms in total. The number of rotatable bonds is 1. The molecule has 1 aromatic heterocycles. The van der Waals surface area contributed by atoms with Gasteiger partial charge in [-0.2, -0.15) is 0 Å². The van der Waals surface area contributed by atoms with Crippen LogP contribution in [-0.2, 0) is 4.79 Å². The van der Waals surface area contributed by atoms with Gasteiger partial charge in [-0.05, 0) is 31.3 Å². The third kappa shape index (κ3) is 2.44. The molecule has 0 fully saturated rings. The molecule has 2 heterocycles. The van der Waals surface area contributed by atoms with Crippen LogP contribution in [0.2, 0.25) is 0 Å². The third-order valence-corrected chi connectivity index (χ3v) is 3.96. The maximum atomic E-state index is 11.9. The van der Waals surface area contributed by atoms with Crippen molar-refractivity contribution in [1.82, 2.24) is 4.98 Å². The second-order valence-electron chi connectivity index (χ2n) is 4.00. The summed E-state index contributed by atoms with van der Waals surface area (Å²) >= 11 is 6.14. The Kier molecular flexibility index (Phi) is 4.62.